The summed E-state index contributed by atoms with van der Waals surface area (Å²) in [6.07, 6.45) is 1.84. The predicted molar refractivity (Wildman–Crippen MR) is 80.2 cm³/mol. The third-order valence-corrected chi connectivity index (χ3v) is 3.95. The number of fused-ring (bicyclic) bond motifs is 3. The van der Waals surface area contributed by atoms with Crippen molar-refractivity contribution in [2.24, 2.45) is 0 Å². The Morgan fingerprint density at radius 2 is 1.85 bits per heavy atom. The third kappa shape index (κ3) is 1.06. The average molecular weight is 258 g/mol. The van der Waals surface area contributed by atoms with Crippen molar-refractivity contribution < 1.29 is 4.42 Å². The Kier molecular flexibility index (Phi) is 1.65. The van der Waals surface area contributed by atoms with Crippen LogP contribution in [0.4, 0.5) is 0 Å². The molecule has 3 heterocycles. The van der Waals surface area contributed by atoms with Crippen molar-refractivity contribution in [2.45, 2.75) is 6.92 Å². The lowest BCUT2D eigenvalue weighted by atomic mass is 9.98. The number of benzene rings is 2. The van der Waals surface area contributed by atoms with E-state index in [4.69, 9.17) is 4.42 Å². The summed E-state index contributed by atoms with van der Waals surface area (Å²) in [7, 11) is 0. The zero-order valence-electron chi connectivity index (χ0n) is 10.8. The predicted octanol–water partition coefficient (Wildman–Crippen LogP) is 4.43. The molecule has 3 nitrogen and oxygen atoms in total. The third-order valence-electron chi connectivity index (χ3n) is 3.95. The van der Waals surface area contributed by atoms with E-state index in [2.05, 4.69) is 28.2 Å². The molecule has 0 spiro atoms. The molecule has 0 aliphatic heterocycles. The van der Waals surface area contributed by atoms with Crippen LogP contribution in [0.5, 0.6) is 0 Å². The standard InChI is InChI=1S/C17H10N2O/c1-9-8-12-10-5-3-7-18-16(10)11-4-2-6-13-14(11)15(12)17(19-9)20-13/h2-8H,1H3. The van der Waals surface area contributed by atoms with Gasteiger partial charge in [0.05, 0.1) is 10.9 Å². The molecule has 0 saturated carbocycles. The van der Waals surface area contributed by atoms with E-state index >= 15 is 0 Å². The summed E-state index contributed by atoms with van der Waals surface area (Å²) < 4.78 is 5.93. The van der Waals surface area contributed by atoms with E-state index < -0.39 is 0 Å². The van der Waals surface area contributed by atoms with Crippen LogP contribution in [0, 0.1) is 6.92 Å². The lowest BCUT2D eigenvalue weighted by Crippen LogP contribution is -1.87. The van der Waals surface area contributed by atoms with Gasteiger partial charge in [-0.25, -0.2) is 4.98 Å². The summed E-state index contributed by atoms with van der Waals surface area (Å²) in [5.41, 5.74) is 3.59. The molecule has 0 saturated heterocycles. The minimum atomic E-state index is 0.719. The van der Waals surface area contributed by atoms with E-state index in [1.54, 1.807) is 0 Å². The van der Waals surface area contributed by atoms with Gasteiger partial charge in [0, 0.05) is 28.0 Å². The molecule has 3 heteroatoms. The van der Waals surface area contributed by atoms with E-state index in [9.17, 15) is 0 Å². The summed E-state index contributed by atoms with van der Waals surface area (Å²) >= 11 is 0. The largest absolute Gasteiger partial charge is 0.438 e. The van der Waals surface area contributed by atoms with Gasteiger partial charge in [0.2, 0.25) is 5.71 Å². The van der Waals surface area contributed by atoms with Crippen molar-refractivity contribution in [3.63, 3.8) is 0 Å². The first-order valence-electron chi connectivity index (χ1n) is 6.61. The van der Waals surface area contributed by atoms with Crippen molar-refractivity contribution in [1.29, 1.82) is 0 Å². The zero-order valence-corrected chi connectivity index (χ0v) is 10.8. The second-order valence-electron chi connectivity index (χ2n) is 5.17. The summed E-state index contributed by atoms with van der Waals surface area (Å²) in [5.74, 6) is 0. The number of nitrogens with zero attached hydrogens (tertiary/aromatic N) is 2. The average Bonchev–Trinajstić information content (AvgIpc) is 2.84. The fourth-order valence-electron chi connectivity index (χ4n) is 3.19. The van der Waals surface area contributed by atoms with E-state index in [0.29, 0.717) is 0 Å². The fraction of sp³-hybridized carbons (Fsp3) is 0.0588. The van der Waals surface area contributed by atoms with Gasteiger partial charge < -0.3 is 4.42 Å². The minimum absolute atomic E-state index is 0.719. The van der Waals surface area contributed by atoms with Gasteiger partial charge in [-0.15, -0.1) is 0 Å². The highest BCUT2D eigenvalue weighted by Crippen LogP contribution is 2.40. The van der Waals surface area contributed by atoms with Gasteiger partial charge in [0.1, 0.15) is 5.58 Å². The lowest BCUT2D eigenvalue weighted by Gasteiger charge is -2.06. The van der Waals surface area contributed by atoms with Crippen LogP contribution < -0.4 is 0 Å². The maximum absolute atomic E-state index is 5.93. The van der Waals surface area contributed by atoms with Crippen LogP contribution in [0.1, 0.15) is 5.69 Å². The Labute approximate surface area is 114 Å². The molecule has 0 fully saturated rings. The molecule has 0 bridgehead atoms. The summed E-state index contributed by atoms with van der Waals surface area (Å²) in [4.78, 5) is 9.11. The fourth-order valence-corrected chi connectivity index (χ4v) is 3.19. The molecule has 2 aromatic carbocycles. The van der Waals surface area contributed by atoms with Crippen LogP contribution in [-0.2, 0) is 0 Å². The number of pyridine rings is 2. The Morgan fingerprint density at radius 3 is 2.80 bits per heavy atom. The summed E-state index contributed by atoms with van der Waals surface area (Å²) in [6, 6.07) is 12.3. The molecule has 94 valence electrons. The van der Waals surface area contributed by atoms with Gasteiger partial charge in [-0.1, -0.05) is 18.2 Å². The Morgan fingerprint density at radius 1 is 0.950 bits per heavy atom. The van der Waals surface area contributed by atoms with Gasteiger partial charge in [-0.3, -0.25) is 4.98 Å². The van der Waals surface area contributed by atoms with Crippen molar-refractivity contribution in [3.8, 4) is 0 Å². The van der Waals surface area contributed by atoms with Gasteiger partial charge in [-0.05, 0) is 30.5 Å². The quantitative estimate of drug-likeness (QED) is 0.386. The molecule has 20 heavy (non-hydrogen) atoms. The highest BCUT2D eigenvalue weighted by Gasteiger charge is 2.18. The van der Waals surface area contributed by atoms with E-state index in [1.807, 2.05) is 31.3 Å². The normalized spacial score (nSPS) is 12.2. The molecule has 0 N–H and O–H groups in total. The monoisotopic (exact) mass is 258 g/mol. The van der Waals surface area contributed by atoms with E-state index in [0.717, 1.165) is 44.1 Å². The molecular formula is C17H10N2O. The highest BCUT2D eigenvalue weighted by atomic mass is 16.3. The van der Waals surface area contributed by atoms with E-state index in [1.165, 1.54) is 5.39 Å². The molecule has 5 rings (SSSR count). The number of furan rings is 1. The molecule has 0 amide bonds. The first-order chi connectivity index (χ1) is 9.83. The van der Waals surface area contributed by atoms with Crippen LogP contribution >= 0.6 is 0 Å². The number of hydrogen-bond donors (Lipinski definition) is 0. The molecule has 0 aliphatic rings. The highest BCUT2D eigenvalue weighted by molar-refractivity contribution is 6.31. The van der Waals surface area contributed by atoms with Gasteiger partial charge in [0.15, 0.2) is 0 Å². The van der Waals surface area contributed by atoms with Crippen LogP contribution in [0.25, 0.3) is 43.7 Å². The SMILES string of the molecule is Cc1cc2c3cccnc3c3cccc4oc(n1)c2c43. The van der Waals surface area contributed by atoms with Crippen molar-refractivity contribution >= 4 is 43.7 Å². The van der Waals surface area contributed by atoms with Gasteiger partial charge in [-0.2, -0.15) is 0 Å². The van der Waals surface area contributed by atoms with Crippen molar-refractivity contribution in [1.82, 2.24) is 9.97 Å². The van der Waals surface area contributed by atoms with Gasteiger partial charge >= 0.3 is 0 Å². The topological polar surface area (TPSA) is 38.9 Å². The summed E-state index contributed by atoms with van der Waals surface area (Å²) in [5, 5.41) is 5.71. The Balaban J connectivity index is 2.32. The minimum Gasteiger partial charge on any atom is -0.438 e. The van der Waals surface area contributed by atoms with Crippen molar-refractivity contribution in [2.75, 3.05) is 0 Å². The number of aromatic nitrogens is 2. The second-order valence-corrected chi connectivity index (χ2v) is 5.17. The zero-order chi connectivity index (χ0) is 13.3. The maximum atomic E-state index is 5.93. The Bertz CT molecular complexity index is 1110. The second kappa shape index (κ2) is 3.25. The van der Waals surface area contributed by atoms with E-state index in [-0.39, 0.29) is 0 Å². The molecule has 0 radical (unpaired) electrons. The van der Waals surface area contributed by atoms with Crippen LogP contribution in [-0.4, -0.2) is 9.97 Å². The first-order valence-corrected chi connectivity index (χ1v) is 6.61. The molecule has 3 aromatic heterocycles. The first kappa shape index (κ1) is 10.1. The molecule has 0 unspecified atom stereocenters. The van der Waals surface area contributed by atoms with Crippen LogP contribution in [0.3, 0.4) is 0 Å². The number of hydrogen-bond acceptors (Lipinski definition) is 3. The summed E-state index contributed by atoms with van der Waals surface area (Å²) in [6.45, 7) is 1.99. The number of aryl methyl sites for hydroxylation is 1. The molecule has 5 aromatic rings. The number of rotatable bonds is 0. The lowest BCUT2D eigenvalue weighted by molar-refractivity contribution is 0.653. The molecule has 0 atom stereocenters. The van der Waals surface area contributed by atoms with Gasteiger partial charge in [0.25, 0.3) is 0 Å². The molecule has 0 aliphatic carbocycles. The van der Waals surface area contributed by atoms with Crippen LogP contribution in [0.2, 0.25) is 0 Å². The smallest absolute Gasteiger partial charge is 0.228 e. The molecular weight excluding hydrogens is 248 g/mol. The van der Waals surface area contributed by atoms with Crippen LogP contribution in [0.15, 0.2) is 47.0 Å². The Hall–Kier alpha value is -2.68. The maximum Gasteiger partial charge on any atom is 0.228 e. The van der Waals surface area contributed by atoms with Crippen molar-refractivity contribution in [3.05, 3.63) is 48.3 Å².